The van der Waals surface area contributed by atoms with E-state index in [1.807, 2.05) is 43.5 Å². The molecule has 0 bridgehead atoms. The van der Waals surface area contributed by atoms with Gasteiger partial charge < -0.3 is 9.30 Å². The number of aryl methyl sites for hydroxylation is 3. The first-order valence-corrected chi connectivity index (χ1v) is 10.9. The Kier molecular flexibility index (Phi) is 5.45. The number of hydrogen-bond donors (Lipinski definition) is 0. The van der Waals surface area contributed by atoms with E-state index in [0.717, 1.165) is 33.3 Å². The second kappa shape index (κ2) is 8.59. The van der Waals surface area contributed by atoms with E-state index in [0.29, 0.717) is 17.0 Å². The van der Waals surface area contributed by atoms with Crippen LogP contribution in [0.5, 0.6) is 5.88 Å². The molecular formula is C27H23FN4O2. The van der Waals surface area contributed by atoms with Crippen LogP contribution in [0.3, 0.4) is 0 Å². The maximum absolute atomic E-state index is 15.0. The van der Waals surface area contributed by atoms with Crippen LogP contribution in [-0.2, 0) is 20.7 Å². The largest absolute Gasteiger partial charge is 0.471 e. The quantitative estimate of drug-likeness (QED) is 0.374. The molecule has 5 aromatic rings. The Morgan fingerprint density at radius 3 is 2.56 bits per heavy atom. The third kappa shape index (κ3) is 4.08. The minimum atomic E-state index is -0.369. The van der Waals surface area contributed by atoms with Gasteiger partial charge in [0.2, 0.25) is 11.4 Å². The highest BCUT2D eigenvalue weighted by molar-refractivity contribution is 5.83. The topological polar surface area (TPSA) is 61.9 Å². The van der Waals surface area contributed by atoms with Crippen LogP contribution in [0.1, 0.15) is 11.1 Å². The molecule has 0 spiro atoms. The molecule has 0 saturated carbocycles. The maximum Gasteiger partial charge on any atom is 0.250 e. The lowest BCUT2D eigenvalue weighted by Crippen LogP contribution is -2.13. The third-order valence-corrected chi connectivity index (χ3v) is 5.80. The van der Waals surface area contributed by atoms with Gasteiger partial charge in [-0.2, -0.15) is 0 Å². The molecular weight excluding hydrogens is 431 g/mol. The standard InChI is InChI=1S/C27H23FN4O2/c1-17-12-18-6-4-5-7-24(18)29-26(17)19-8-9-21(23(28)13-19)16-34-27-22(15-32(3)30-27)20-10-11-25(33)31(2)14-20/h4-15H,16H2,1-3H3. The zero-order valence-corrected chi connectivity index (χ0v) is 19.1. The summed E-state index contributed by atoms with van der Waals surface area (Å²) in [4.78, 5) is 16.5. The summed E-state index contributed by atoms with van der Waals surface area (Å²) in [7, 11) is 3.47. The number of para-hydroxylation sites is 1. The molecule has 0 unspecified atom stereocenters. The molecule has 0 aliphatic carbocycles. The molecule has 34 heavy (non-hydrogen) atoms. The van der Waals surface area contributed by atoms with Crippen LogP contribution in [0.25, 0.3) is 33.3 Å². The normalized spacial score (nSPS) is 11.2. The van der Waals surface area contributed by atoms with Gasteiger partial charge in [-0.15, -0.1) is 5.10 Å². The lowest BCUT2D eigenvalue weighted by Gasteiger charge is -2.11. The second-order valence-corrected chi connectivity index (χ2v) is 8.33. The number of pyridine rings is 2. The molecule has 0 fully saturated rings. The fourth-order valence-corrected chi connectivity index (χ4v) is 4.00. The van der Waals surface area contributed by atoms with Gasteiger partial charge in [0, 0.05) is 54.6 Å². The van der Waals surface area contributed by atoms with Crippen LogP contribution in [0.4, 0.5) is 4.39 Å². The van der Waals surface area contributed by atoms with Gasteiger partial charge in [0.15, 0.2) is 0 Å². The summed E-state index contributed by atoms with van der Waals surface area (Å²) in [6, 6.07) is 18.2. The van der Waals surface area contributed by atoms with E-state index in [-0.39, 0.29) is 18.0 Å². The Hall–Kier alpha value is -4.26. The zero-order valence-electron chi connectivity index (χ0n) is 19.1. The SMILES string of the molecule is Cc1cc2ccccc2nc1-c1ccc(COc2nn(C)cc2-c2ccc(=O)n(C)c2)c(F)c1. The van der Waals surface area contributed by atoms with Crippen molar-refractivity contribution in [3.63, 3.8) is 0 Å². The van der Waals surface area contributed by atoms with Crippen molar-refractivity contribution in [2.45, 2.75) is 13.5 Å². The summed E-state index contributed by atoms with van der Waals surface area (Å²) in [6.45, 7) is 2.00. The smallest absolute Gasteiger partial charge is 0.250 e. The molecule has 3 aromatic heterocycles. The van der Waals surface area contributed by atoms with Crippen molar-refractivity contribution in [2.24, 2.45) is 14.1 Å². The van der Waals surface area contributed by atoms with E-state index < -0.39 is 0 Å². The fraction of sp³-hybridized carbons (Fsp3) is 0.148. The lowest BCUT2D eigenvalue weighted by atomic mass is 10.0. The van der Waals surface area contributed by atoms with Crippen LogP contribution in [0.15, 0.2) is 77.9 Å². The van der Waals surface area contributed by atoms with Crippen LogP contribution in [0, 0.1) is 12.7 Å². The van der Waals surface area contributed by atoms with Crippen molar-refractivity contribution >= 4 is 10.9 Å². The maximum atomic E-state index is 15.0. The Morgan fingerprint density at radius 1 is 0.971 bits per heavy atom. The Bertz CT molecular complexity index is 1590. The summed E-state index contributed by atoms with van der Waals surface area (Å²) in [5.74, 6) is 0.00288. The van der Waals surface area contributed by atoms with Gasteiger partial charge in [-0.3, -0.25) is 9.48 Å². The predicted molar refractivity (Wildman–Crippen MR) is 130 cm³/mol. The molecule has 0 saturated heterocycles. The number of aromatic nitrogens is 4. The number of benzene rings is 2. The third-order valence-electron chi connectivity index (χ3n) is 5.80. The number of halogens is 1. The molecule has 0 radical (unpaired) electrons. The molecule has 0 atom stereocenters. The van der Waals surface area contributed by atoms with Gasteiger partial charge in [0.05, 0.1) is 16.8 Å². The highest BCUT2D eigenvalue weighted by Crippen LogP contribution is 2.30. The number of nitrogens with zero attached hydrogens (tertiary/aromatic N) is 4. The van der Waals surface area contributed by atoms with Gasteiger partial charge in [-0.1, -0.05) is 30.3 Å². The minimum Gasteiger partial charge on any atom is -0.471 e. The molecule has 3 heterocycles. The van der Waals surface area contributed by atoms with E-state index in [1.165, 1.54) is 16.7 Å². The van der Waals surface area contributed by atoms with Crippen molar-refractivity contribution in [3.8, 4) is 28.3 Å². The Balaban J connectivity index is 1.41. The molecule has 7 heteroatoms. The first-order chi connectivity index (χ1) is 16.4. The number of fused-ring (bicyclic) bond motifs is 1. The summed E-state index contributed by atoms with van der Waals surface area (Å²) >= 11 is 0. The molecule has 0 aliphatic rings. The van der Waals surface area contributed by atoms with E-state index in [2.05, 4.69) is 11.2 Å². The van der Waals surface area contributed by atoms with Crippen LogP contribution >= 0.6 is 0 Å². The van der Waals surface area contributed by atoms with Crippen molar-refractivity contribution < 1.29 is 9.13 Å². The Morgan fingerprint density at radius 2 is 1.76 bits per heavy atom. The second-order valence-electron chi connectivity index (χ2n) is 8.33. The molecule has 2 aromatic carbocycles. The van der Waals surface area contributed by atoms with E-state index in [4.69, 9.17) is 9.72 Å². The van der Waals surface area contributed by atoms with E-state index in [1.54, 1.807) is 37.1 Å². The van der Waals surface area contributed by atoms with E-state index >= 15 is 4.39 Å². The molecule has 0 aliphatic heterocycles. The van der Waals surface area contributed by atoms with Gasteiger partial charge in [0.25, 0.3) is 0 Å². The highest BCUT2D eigenvalue weighted by atomic mass is 19.1. The van der Waals surface area contributed by atoms with Crippen molar-refractivity contribution in [3.05, 3.63) is 100 Å². The van der Waals surface area contributed by atoms with Crippen molar-refractivity contribution in [1.82, 2.24) is 19.3 Å². The van der Waals surface area contributed by atoms with Gasteiger partial charge in [-0.05, 0) is 36.8 Å². The van der Waals surface area contributed by atoms with Crippen molar-refractivity contribution in [2.75, 3.05) is 0 Å². The molecule has 0 amide bonds. The first kappa shape index (κ1) is 21.6. The molecule has 170 valence electrons. The van der Waals surface area contributed by atoms with Crippen LogP contribution in [0.2, 0.25) is 0 Å². The molecule has 0 N–H and O–H groups in total. The van der Waals surface area contributed by atoms with Crippen molar-refractivity contribution in [1.29, 1.82) is 0 Å². The van der Waals surface area contributed by atoms with Gasteiger partial charge in [-0.25, -0.2) is 9.37 Å². The summed E-state index contributed by atoms with van der Waals surface area (Å²) in [6.07, 6.45) is 3.53. The summed E-state index contributed by atoms with van der Waals surface area (Å²) in [5, 5.41) is 5.42. The lowest BCUT2D eigenvalue weighted by molar-refractivity contribution is 0.286. The molecule has 6 nitrogen and oxygen atoms in total. The number of ether oxygens (including phenoxy) is 1. The molecule has 5 rings (SSSR count). The first-order valence-electron chi connectivity index (χ1n) is 10.9. The van der Waals surface area contributed by atoms with Gasteiger partial charge in [0.1, 0.15) is 12.4 Å². The Labute approximate surface area is 195 Å². The van der Waals surface area contributed by atoms with Crippen LogP contribution in [-0.4, -0.2) is 19.3 Å². The highest BCUT2D eigenvalue weighted by Gasteiger charge is 2.15. The van der Waals surface area contributed by atoms with Gasteiger partial charge >= 0.3 is 0 Å². The fourth-order valence-electron chi connectivity index (χ4n) is 4.00. The average Bonchev–Trinajstić information content (AvgIpc) is 3.20. The van der Waals surface area contributed by atoms with E-state index in [9.17, 15) is 4.79 Å². The zero-order chi connectivity index (χ0) is 23.8. The minimum absolute atomic E-state index is 0.0199. The number of rotatable bonds is 5. The van der Waals surface area contributed by atoms with Crippen LogP contribution < -0.4 is 10.3 Å². The predicted octanol–water partition coefficient (Wildman–Crippen LogP) is 5.03. The monoisotopic (exact) mass is 454 g/mol. The summed E-state index contributed by atoms with van der Waals surface area (Å²) in [5.41, 5.74) is 5.16. The number of hydrogen-bond acceptors (Lipinski definition) is 4. The summed E-state index contributed by atoms with van der Waals surface area (Å²) < 4.78 is 24.1. The average molecular weight is 455 g/mol.